The van der Waals surface area contributed by atoms with Gasteiger partial charge in [-0.2, -0.15) is 8.78 Å². The highest BCUT2D eigenvalue weighted by molar-refractivity contribution is 6.58. The molecule has 1 aliphatic heterocycles. The summed E-state index contributed by atoms with van der Waals surface area (Å²) in [6.07, 6.45) is 13.3. The molecule has 8 heteroatoms. The highest BCUT2D eigenvalue weighted by Crippen LogP contribution is 2.41. The van der Waals surface area contributed by atoms with E-state index < -0.39 is 55.6 Å². The zero-order valence-corrected chi connectivity index (χ0v) is 23.9. The molecule has 2 fully saturated rings. The summed E-state index contributed by atoms with van der Waals surface area (Å²) in [7, 11) is -0.475. The summed E-state index contributed by atoms with van der Waals surface area (Å²) in [5, 5.41) is 0. The van der Waals surface area contributed by atoms with Crippen LogP contribution in [0.4, 0.5) is 26.3 Å². The standard InChI is InChI=1S/C31H40F6OSi/c1-2-3-4-13-39-14-11-21(12-15-39)6-5-20-7-9-22(10-8-20)23-16-25(32)29(26(33)17-23)24-18-27(34)30(28(35)19-24)38-31(36)37/h16-22,31,39H,2-15H2,1H3/t20-,21?,22-,39?. The topological polar surface area (TPSA) is 9.23 Å². The molecule has 0 unspecified atom stereocenters. The number of hydrogen-bond acceptors (Lipinski definition) is 1. The first-order valence-corrected chi connectivity index (χ1v) is 17.1. The Balaban J connectivity index is 1.29. The first-order chi connectivity index (χ1) is 18.7. The molecule has 4 rings (SSSR count). The van der Waals surface area contributed by atoms with E-state index in [-0.39, 0.29) is 5.92 Å². The molecule has 2 aromatic rings. The molecule has 1 saturated carbocycles. The van der Waals surface area contributed by atoms with Crippen LogP contribution in [0.1, 0.15) is 89.0 Å². The molecule has 216 valence electrons. The summed E-state index contributed by atoms with van der Waals surface area (Å²) >= 11 is 0. The summed E-state index contributed by atoms with van der Waals surface area (Å²) < 4.78 is 86.9. The van der Waals surface area contributed by atoms with Crippen LogP contribution in [-0.4, -0.2) is 15.4 Å². The first kappa shape index (κ1) is 30.0. The molecule has 1 aliphatic carbocycles. The summed E-state index contributed by atoms with van der Waals surface area (Å²) in [6.45, 7) is -1.16. The van der Waals surface area contributed by atoms with Gasteiger partial charge in [-0.15, -0.1) is 0 Å². The van der Waals surface area contributed by atoms with Crippen LogP contribution in [0.3, 0.4) is 0 Å². The summed E-state index contributed by atoms with van der Waals surface area (Å²) in [5.41, 5.74) is -0.441. The minimum atomic E-state index is -3.43. The normalized spacial score (nSPS) is 23.8. The number of alkyl halides is 2. The van der Waals surface area contributed by atoms with Gasteiger partial charge in [-0.3, -0.25) is 0 Å². The van der Waals surface area contributed by atoms with Crippen molar-refractivity contribution in [1.82, 2.24) is 0 Å². The Labute approximate surface area is 229 Å². The Morgan fingerprint density at radius 2 is 1.33 bits per heavy atom. The number of ether oxygens (including phenoxy) is 1. The fourth-order valence-corrected chi connectivity index (χ4v) is 10.4. The van der Waals surface area contributed by atoms with Crippen LogP contribution < -0.4 is 4.74 Å². The number of hydrogen-bond donors (Lipinski definition) is 0. The molecule has 2 aliphatic rings. The number of halogens is 6. The molecule has 1 nitrogen and oxygen atoms in total. The lowest BCUT2D eigenvalue weighted by atomic mass is 9.76. The SMILES string of the molecule is CCCCC[SiH]1CCC(CC[C@H]2CC[C@H](c3cc(F)c(-c4cc(F)c(OC(F)F)c(F)c4)c(F)c3)CC2)CC1. The zero-order chi connectivity index (χ0) is 27.9. The molecule has 1 heterocycles. The van der Waals surface area contributed by atoms with E-state index in [1.165, 1.54) is 75.2 Å². The van der Waals surface area contributed by atoms with Gasteiger partial charge in [0.2, 0.25) is 0 Å². The van der Waals surface area contributed by atoms with Gasteiger partial charge in [0.05, 0.1) is 5.56 Å². The lowest BCUT2D eigenvalue weighted by Crippen LogP contribution is -2.22. The number of rotatable bonds is 11. The molecule has 0 bridgehead atoms. The summed E-state index contributed by atoms with van der Waals surface area (Å²) in [5.74, 6) is -4.46. The fraction of sp³-hybridized carbons (Fsp3) is 0.613. The van der Waals surface area contributed by atoms with Gasteiger partial charge in [0.15, 0.2) is 17.4 Å². The molecule has 0 amide bonds. The molecular weight excluding hydrogens is 530 g/mol. The zero-order valence-electron chi connectivity index (χ0n) is 22.8. The Kier molecular flexibility index (Phi) is 10.8. The van der Waals surface area contributed by atoms with Crippen molar-refractivity contribution in [2.24, 2.45) is 11.8 Å². The Bertz CT molecular complexity index is 1030. The monoisotopic (exact) mass is 570 g/mol. The highest BCUT2D eigenvalue weighted by atomic mass is 28.3. The molecule has 0 radical (unpaired) electrons. The van der Waals surface area contributed by atoms with E-state index in [4.69, 9.17) is 0 Å². The molecule has 0 aromatic heterocycles. The maximum Gasteiger partial charge on any atom is 0.387 e. The smallest absolute Gasteiger partial charge is 0.387 e. The lowest BCUT2D eigenvalue weighted by Gasteiger charge is -2.32. The molecule has 2 aromatic carbocycles. The third kappa shape index (κ3) is 8.05. The van der Waals surface area contributed by atoms with Crippen LogP contribution in [0.15, 0.2) is 24.3 Å². The van der Waals surface area contributed by atoms with E-state index in [0.29, 0.717) is 23.6 Å². The van der Waals surface area contributed by atoms with Crippen molar-refractivity contribution < 1.29 is 31.1 Å². The molecule has 39 heavy (non-hydrogen) atoms. The van der Waals surface area contributed by atoms with Crippen molar-refractivity contribution in [3.63, 3.8) is 0 Å². The molecule has 0 spiro atoms. The summed E-state index contributed by atoms with van der Waals surface area (Å²) in [4.78, 5) is 0. The van der Waals surface area contributed by atoms with Gasteiger partial charge in [0, 0.05) is 8.80 Å². The Morgan fingerprint density at radius 3 is 1.87 bits per heavy atom. The minimum Gasteiger partial charge on any atom is -0.429 e. The van der Waals surface area contributed by atoms with Crippen LogP contribution in [0.2, 0.25) is 18.1 Å². The van der Waals surface area contributed by atoms with E-state index in [1.54, 1.807) is 0 Å². The van der Waals surface area contributed by atoms with Crippen molar-refractivity contribution in [3.8, 4) is 16.9 Å². The van der Waals surface area contributed by atoms with Crippen LogP contribution in [0, 0.1) is 35.1 Å². The molecule has 0 atom stereocenters. The third-order valence-electron chi connectivity index (χ3n) is 9.04. The van der Waals surface area contributed by atoms with Gasteiger partial charge >= 0.3 is 6.61 Å². The van der Waals surface area contributed by atoms with Crippen molar-refractivity contribution in [1.29, 1.82) is 0 Å². The third-order valence-corrected chi connectivity index (χ3v) is 12.6. The molecular formula is C31H40F6OSi. The predicted octanol–water partition coefficient (Wildman–Crippen LogP) is 10.4. The maximum absolute atomic E-state index is 15.0. The van der Waals surface area contributed by atoms with Crippen LogP contribution >= 0.6 is 0 Å². The highest BCUT2D eigenvalue weighted by Gasteiger charge is 2.27. The maximum atomic E-state index is 15.0. The van der Waals surface area contributed by atoms with Gasteiger partial charge in [-0.25, -0.2) is 17.6 Å². The first-order valence-electron chi connectivity index (χ1n) is 14.7. The second-order valence-electron chi connectivity index (χ2n) is 11.7. The average Bonchev–Trinajstić information content (AvgIpc) is 2.90. The van der Waals surface area contributed by atoms with E-state index in [1.807, 2.05) is 0 Å². The van der Waals surface area contributed by atoms with Crippen LogP contribution in [0.5, 0.6) is 5.75 Å². The second-order valence-corrected chi connectivity index (χ2v) is 15.1. The Morgan fingerprint density at radius 1 is 0.769 bits per heavy atom. The van der Waals surface area contributed by atoms with E-state index in [0.717, 1.165) is 31.6 Å². The lowest BCUT2D eigenvalue weighted by molar-refractivity contribution is -0.0546. The largest absolute Gasteiger partial charge is 0.429 e. The minimum absolute atomic E-state index is 0.0409. The summed E-state index contributed by atoms with van der Waals surface area (Å²) in [6, 6.07) is 8.26. The van der Waals surface area contributed by atoms with Gasteiger partial charge < -0.3 is 4.74 Å². The van der Waals surface area contributed by atoms with Crippen molar-refractivity contribution >= 4 is 8.80 Å². The molecule has 1 saturated heterocycles. The quantitative estimate of drug-likeness (QED) is 0.148. The van der Waals surface area contributed by atoms with Gasteiger partial charge in [-0.05, 0) is 78.8 Å². The van der Waals surface area contributed by atoms with E-state index >= 15 is 8.78 Å². The average molecular weight is 571 g/mol. The number of unbranched alkanes of at least 4 members (excludes halogenated alkanes) is 2. The van der Waals surface area contributed by atoms with Gasteiger partial charge in [0.25, 0.3) is 0 Å². The molecule has 0 N–H and O–H groups in total. The Hall–Kier alpha value is -1.96. The van der Waals surface area contributed by atoms with Crippen LogP contribution in [-0.2, 0) is 0 Å². The fourth-order valence-electron chi connectivity index (χ4n) is 6.76. The van der Waals surface area contributed by atoms with E-state index in [2.05, 4.69) is 11.7 Å². The predicted molar refractivity (Wildman–Crippen MR) is 146 cm³/mol. The second kappa shape index (κ2) is 14.1. The van der Waals surface area contributed by atoms with Gasteiger partial charge in [0.1, 0.15) is 11.6 Å². The van der Waals surface area contributed by atoms with Crippen LogP contribution in [0.25, 0.3) is 11.1 Å². The van der Waals surface area contributed by atoms with Gasteiger partial charge in [-0.1, -0.05) is 70.0 Å². The van der Waals surface area contributed by atoms with E-state index in [9.17, 15) is 17.6 Å². The number of benzene rings is 2. The van der Waals surface area contributed by atoms with Crippen molar-refractivity contribution in [3.05, 3.63) is 53.1 Å². The van der Waals surface area contributed by atoms with Crippen molar-refractivity contribution in [2.45, 2.75) is 108 Å². The van der Waals surface area contributed by atoms with Crippen molar-refractivity contribution in [2.75, 3.05) is 0 Å².